The van der Waals surface area contributed by atoms with Crippen LogP contribution in [-0.4, -0.2) is 61.4 Å². The number of amides is 1. The van der Waals surface area contributed by atoms with Crippen LogP contribution >= 0.6 is 0 Å². The van der Waals surface area contributed by atoms with Crippen molar-refractivity contribution in [2.45, 2.75) is 19.2 Å². The quantitative estimate of drug-likeness (QED) is 0.761. The lowest BCUT2D eigenvalue weighted by molar-refractivity contribution is -0.274. The topological polar surface area (TPSA) is 48.9 Å². The van der Waals surface area contributed by atoms with Crippen molar-refractivity contribution < 1.29 is 22.7 Å². The van der Waals surface area contributed by atoms with Gasteiger partial charge in [-0.3, -0.25) is 4.79 Å². The van der Waals surface area contributed by atoms with Crippen molar-refractivity contribution in [3.05, 3.63) is 48.2 Å². The molecule has 1 aromatic heterocycles. The van der Waals surface area contributed by atoms with Gasteiger partial charge in [-0.15, -0.1) is 13.2 Å². The van der Waals surface area contributed by atoms with E-state index in [-0.39, 0.29) is 18.2 Å². The van der Waals surface area contributed by atoms with Crippen LogP contribution in [0.4, 0.5) is 24.7 Å². The van der Waals surface area contributed by atoms with Gasteiger partial charge in [-0.25, -0.2) is 4.98 Å². The molecule has 0 N–H and O–H groups in total. The minimum Gasteiger partial charge on any atom is -0.406 e. The van der Waals surface area contributed by atoms with Crippen LogP contribution in [0.2, 0.25) is 0 Å². The van der Waals surface area contributed by atoms with Crippen molar-refractivity contribution in [3.8, 4) is 5.75 Å². The molecule has 0 unspecified atom stereocenters. The van der Waals surface area contributed by atoms with E-state index in [4.69, 9.17) is 0 Å². The number of piperazine rings is 1. The molecule has 0 bridgehead atoms. The zero-order valence-electron chi connectivity index (χ0n) is 16.4. The molecule has 0 spiro atoms. The average molecular weight is 420 g/mol. The molecule has 1 fully saturated rings. The van der Waals surface area contributed by atoms with Gasteiger partial charge in [0.15, 0.2) is 0 Å². The summed E-state index contributed by atoms with van der Waals surface area (Å²) in [4.78, 5) is 23.1. The number of halogens is 3. The summed E-state index contributed by atoms with van der Waals surface area (Å²) in [5.41, 5.74) is 1.58. The molecule has 0 saturated carbocycles. The molecule has 0 radical (unpaired) electrons. The first-order chi connectivity index (χ1) is 14.4. The van der Waals surface area contributed by atoms with E-state index in [2.05, 4.69) is 14.6 Å². The molecular formula is C21H23F3N4O2. The van der Waals surface area contributed by atoms with Crippen LogP contribution in [0.25, 0.3) is 0 Å². The van der Waals surface area contributed by atoms with Crippen molar-refractivity contribution in [2.75, 3.05) is 49.1 Å². The number of fused-ring (bicyclic) bond motifs is 1. The molecule has 1 amide bonds. The van der Waals surface area contributed by atoms with E-state index in [1.165, 1.54) is 12.1 Å². The van der Waals surface area contributed by atoms with E-state index in [1.54, 1.807) is 12.3 Å². The fourth-order valence-electron chi connectivity index (χ4n) is 4.00. The van der Waals surface area contributed by atoms with E-state index in [1.807, 2.05) is 28.0 Å². The Hall–Kier alpha value is -2.97. The Bertz CT molecular complexity index is 884. The van der Waals surface area contributed by atoms with Crippen molar-refractivity contribution in [1.29, 1.82) is 0 Å². The summed E-state index contributed by atoms with van der Waals surface area (Å²) < 4.78 is 41.4. The zero-order chi connectivity index (χ0) is 21.1. The number of pyridine rings is 1. The maximum atomic E-state index is 12.9. The maximum absolute atomic E-state index is 12.9. The molecule has 2 aliphatic rings. The standard InChI is InChI=1S/C21H23F3N4O2/c22-21(23,24)30-17-6-7-18-16(14-17)4-3-9-28(18)15-20(29)27-12-10-26(11-13-27)19-5-1-2-8-25-19/h1-2,5-8,14H,3-4,9-13,15H2. The summed E-state index contributed by atoms with van der Waals surface area (Å²) in [7, 11) is 0. The molecule has 0 aliphatic carbocycles. The van der Waals surface area contributed by atoms with Gasteiger partial charge in [0, 0.05) is 44.6 Å². The summed E-state index contributed by atoms with van der Waals surface area (Å²) in [6.07, 6.45) is -1.51. The van der Waals surface area contributed by atoms with Crippen LogP contribution in [0, 0.1) is 0 Å². The SMILES string of the molecule is O=C(CN1CCCc2cc(OC(F)(F)F)ccc21)N1CCN(c2ccccn2)CC1. The number of nitrogens with zero attached hydrogens (tertiary/aromatic N) is 4. The first kappa shape index (κ1) is 20.3. The number of anilines is 2. The van der Waals surface area contributed by atoms with Crippen molar-refractivity contribution in [1.82, 2.24) is 9.88 Å². The Morgan fingerprint density at radius 1 is 1.07 bits per heavy atom. The average Bonchev–Trinajstić information content (AvgIpc) is 2.73. The number of carbonyl (C=O) groups excluding carboxylic acids is 1. The Morgan fingerprint density at radius 2 is 1.87 bits per heavy atom. The summed E-state index contributed by atoms with van der Waals surface area (Å²) in [6.45, 7) is 3.60. The highest BCUT2D eigenvalue weighted by atomic mass is 19.4. The summed E-state index contributed by atoms with van der Waals surface area (Å²) >= 11 is 0. The summed E-state index contributed by atoms with van der Waals surface area (Å²) in [5.74, 6) is 0.714. The minimum atomic E-state index is -4.71. The van der Waals surface area contributed by atoms with Gasteiger partial charge in [0.2, 0.25) is 5.91 Å². The van der Waals surface area contributed by atoms with Crippen LogP contribution in [-0.2, 0) is 11.2 Å². The van der Waals surface area contributed by atoms with E-state index >= 15 is 0 Å². The van der Waals surface area contributed by atoms with E-state index in [0.29, 0.717) is 26.1 Å². The summed E-state index contributed by atoms with van der Waals surface area (Å²) in [6, 6.07) is 10.1. The second-order valence-electron chi connectivity index (χ2n) is 7.42. The number of aromatic nitrogens is 1. The van der Waals surface area contributed by atoms with Gasteiger partial charge in [-0.1, -0.05) is 6.07 Å². The lowest BCUT2D eigenvalue weighted by Crippen LogP contribution is -2.52. The molecule has 6 nitrogen and oxygen atoms in total. The van der Waals surface area contributed by atoms with Crippen molar-refractivity contribution >= 4 is 17.4 Å². The van der Waals surface area contributed by atoms with Crippen LogP contribution in [0.5, 0.6) is 5.75 Å². The number of hydrogen-bond donors (Lipinski definition) is 0. The largest absolute Gasteiger partial charge is 0.573 e. The third-order valence-corrected chi connectivity index (χ3v) is 5.43. The Labute approximate surface area is 172 Å². The van der Waals surface area contributed by atoms with Crippen LogP contribution in [0.15, 0.2) is 42.6 Å². The smallest absolute Gasteiger partial charge is 0.406 e. The second-order valence-corrected chi connectivity index (χ2v) is 7.42. The Balaban J connectivity index is 1.37. The third kappa shape index (κ3) is 4.77. The molecule has 2 aliphatic heterocycles. The molecule has 3 heterocycles. The highest BCUT2D eigenvalue weighted by molar-refractivity contribution is 5.82. The predicted octanol–water partition coefficient (Wildman–Crippen LogP) is 3.08. The zero-order valence-corrected chi connectivity index (χ0v) is 16.4. The van der Waals surface area contributed by atoms with E-state index < -0.39 is 6.36 Å². The number of rotatable bonds is 4. The van der Waals surface area contributed by atoms with Gasteiger partial charge in [-0.05, 0) is 48.7 Å². The third-order valence-electron chi connectivity index (χ3n) is 5.43. The molecule has 4 rings (SSSR count). The lowest BCUT2D eigenvalue weighted by Gasteiger charge is -2.37. The van der Waals surface area contributed by atoms with Crippen LogP contribution < -0.4 is 14.5 Å². The van der Waals surface area contributed by atoms with Gasteiger partial charge in [0.05, 0.1) is 6.54 Å². The van der Waals surface area contributed by atoms with Gasteiger partial charge >= 0.3 is 6.36 Å². The first-order valence-electron chi connectivity index (χ1n) is 9.96. The van der Waals surface area contributed by atoms with Gasteiger partial charge < -0.3 is 19.4 Å². The lowest BCUT2D eigenvalue weighted by atomic mass is 10.0. The molecule has 1 aromatic carbocycles. The van der Waals surface area contributed by atoms with E-state index in [0.717, 1.165) is 36.6 Å². The monoisotopic (exact) mass is 420 g/mol. The fourth-order valence-corrected chi connectivity index (χ4v) is 4.00. The molecule has 9 heteroatoms. The van der Waals surface area contributed by atoms with Crippen molar-refractivity contribution in [2.24, 2.45) is 0 Å². The molecule has 2 aromatic rings. The number of hydrogen-bond acceptors (Lipinski definition) is 5. The first-order valence-corrected chi connectivity index (χ1v) is 9.96. The second kappa shape index (κ2) is 8.41. The molecule has 160 valence electrons. The number of alkyl halides is 3. The number of carbonyl (C=O) groups is 1. The Morgan fingerprint density at radius 3 is 2.57 bits per heavy atom. The van der Waals surface area contributed by atoms with Crippen LogP contribution in [0.1, 0.15) is 12.0 Å². The predicted molar refractivity (Wildman–Crippen MR) is 107 cm³/mol. The number of benzene rings is 1. The fraction of sp³-hybridized carbons (Fsp3) is 0.429. The number of ether oxygens (including phenoxy) is 1. The number of aryl methyl sites for hydroxylation is 1. The van der Waals surface area contributed by atoms with Gasteiger partial charge in [0.1, 0.15) is 11.6 Å². The normalized spacial score (nSPS) is 17.0. The van der Waals surface area contributed by atoms with Crippen LogP contribution in [0.3, 0.4) is 0 Å². The molecule has 1 saturated heterocycles. The summed E-state index contributed by atoms with van der Waals surface area (Å²) in [5, 5.41) is 0. The highest BCUT2D eigenvalue weighted by Crippen LogP contribution is 2.32. The maximum Gasteiger partial charge on any atom is 0.573 e. The van der Waals surface area contributed by atoms with Gasteiger partial charge in [0.25, 0.3) is 0 Å². The Kier molecular flexibility index (Phi) is 5.69. The minimum absolute atomic E-state index is 0.0270. The van der Waals surface area contributed by atoms with Gasteiger partial charge in [-0.2, -0.15) is 0 Å². The highest BCUT2D eigenvalue weighted by Gasteiger charge is 2.32. The van der Waals surface area contributed by atoms with E-state index in [9.17, 15) is 18.0 Å². The molecular weight excluding hydrogens is 397 g/mol. The molecule has 0 atom stereocenters. The molecule has 30 heavy (non-hydrogen) atoms. The van der Waals surface area contributed by atoms with Crippen molar-refractivity contribution in [3.63, 3.8) is 0 Å².